The zero-order valence-electron chi connectivity index (χ0n) is 9.23. The summed E-state index contributed by atoms with van der Waals surface area (Å²) in [7, 11) is 0. The molecule has 2 rings (SSSR count). The fourth-order valence-electron chi connectivity index (χ4n) is 1.48. The van der Waals surface area contributed by atoms with Crippen molar-refractivity contribution in [3.63, 3.8) is 0 Å². The maximum absolute atomic E-state index is 11.4. The third kappa shape index (κ3) is 2.02. The third-order valence-electron chi connectivity index (χ3n) is 2.28. The minimum Gasteiger partial charge on any atom is -0.294 e. The molecular weight excluding hydrogens is 220 g/mol. The summed E-state index contributed by atoms with van der Waals surface area (Å²) in [5.41, 5.74) is 1.91. The second kappa shape index (κ2) is 4.53. The summed E-state index contributed by atoms with van der Waals surface area (Å²) >= 11 is 1.46. The highest BCUT2D eigenvalue weighted by Crippen LogP contribution is 2.28. The van der Waals surface area contributed by atoms with Crippen LogP contribution in [0.5, 0.6) is 0 Å². The van der Waals surface area contributed by atoms with Crippen molar-refractivity contribution in [1.29, 1.82) is 0 Å². The molecule has 0 N–H and O–H groups in total. The van der Waals surface area contributed by atoms with Crippen LogP contribution in [0, 0.1) is 0 Å². The van der Waals surface area contributed by atoms with Gasteiger partial charge in [0.15, 0.2) is 5.78 Å². The van der Waals surface area contributed by atoms with Gasteiger partial charge < -0.3 is 0 Å². The molecule has 0 spiro atoms. The van der Waals surface area contributed by atoms with Gasteiger partial charge in [0.25, 0.3) is 0 Å². The maximum atomic E-state index is 11.4. The molecule has 0 atom stereocenters. The van der Waals surface area contributed by atoms with Crippen LogP contribution in [0.3, 0.4) is 0 Å². The number of carbonyl (C=O) groups excluding carboxylic acids is 1. The van der Waals surface area contributed by atoms with Crippen molar-refractivity contribution in [3.05, 3.63) is 35.1 Å². The molecule has 0 aliphatic rings. The number of rotatable bonds is 3. The van der Waals surface area contributed by atoms with E-state index in [0.717, 1.165) is 27.6 Å². The van der Waals surface area contributed by atoms with Crippen LogP contribution in [0.2, 0.25) is 0 Å². The first-order chi connectivity index (χ1) is 7.72. The van der Waals surface area contributed by atoms with Gasteiger partial charge in [0, 0.05) is 24.9 Å². The van der Waals surface area contributed by atoms with Gasteiger partial charge in [-0.2, -0.15) is 0 Å². The number of nitrogens with zero attached hydrogens (tertiary/aromatic N) is 2. The Balaban J connectivity index is 2.48. The van der Waals surface area contributed by atoms with Crippen LogP contribution in [0.25, 0.3) is 10.6 Å². The lowest BCUT2D eigenvalue weighted by atomic mass is 10.2. The van der Waals surface area contributed by atoms with Gasteiger partial charge in [0.2, 0.25) is 0 Å². The Labute approximate surface area is 98.2 Å². The van der Waals surface area contributed by atoms with Crippen molar-refractivity contribution in [2.45, 2.75) is 20.3 Å². The summed E-state index contributed by atoms with van der Waals surface area (Å²) in [5, 5.41) is 0.893. The Bertz CT molecular complexity index is 505. The molecule has 3 nitrogen and oxygen atoms in total. The molecule has 2 aromatic rings. The summed E-state index contributed by atoms with van der Waals surface area (Å²) in [6, 6.07) is 3.81. The van der Waals surface area contributed by atoms with E-state index in [2.05, 4.69) is 9.97 Å². The number of Topliss-reactive ketones (excluding diaryl/α,β-unsaturated/α-hetero) is 1. The Kier molecular flexibility index (Phi) is 3.10. The summed E-state index contributed by atoms with van der Waals surface area (Å²) in [5.74, 6) is 0.0923. The van der Waals surface area contributed by atoms with Crippen molar-refractivity contribution in [2.24, 2.45) is 0 Å². The van der Waals surface area contributed by atoms with E-state index in [1.807, 2.05) is 19.1 Å². The van der Waals surface area contributed by atoms with Crippen molar-refractivity contribution in [2.75, 3.05) is 0 Å². The Morgan fingerprint density at radius 1 is 1.38 bits per heavy atom. The molecule has 4 heteroatoms. The SMILES string of the molecule is CCc1nc(-c2ccncc2)sc1C(C)=O. The predicted octanol–water partition coefficient (Wildman–Crippen LogP) is 2.97. The lowest BCUT2D eigenvalue weighted by Crippen LogP contribution is -1.93. The Morgan fingerprint density at radius 3 is 2.56 bits per heavy atom. The van der Waals surface area contributed by atoms with Crippen LogP contribution in [0.1, 0.15) is 29.2 Å². The maximum Gasteiger partial charge on any atom is 0.171 e. The van der Waals surface area contributed by atoms with E-state index in [9.17, 15) is 4.79 Å². The average Bonchev–Trinajstić information content (AvgIpc) is 2.74. The minimum absolute atomic E-state index is 0.0923. The van der Waals surface area contributed by atoms with E-state index >= 15 is 0 Å². The van der Waals surface area contributed by atoms with Crippen LogP contribution < -0.4 is 0 Å². The van der Waals surface area contributed by atoms with Gasteiger partial charge in [-0.3, -0.25) is 9.78 Å². The third-order valence-corrected chi connectivity index (χ3v) is 3.53. The largest absolute Gasteiger partial charge is 0.294 e. The van der Waals surface area contributed by atoms with E-state index in [4.69, 9.17) is 0 Å². The first-order valence-corrected chi connectivity index (χ1v) is 5.95. The first-order valence-electron chi connectivity index (χ1n) is 5.13. The number of carbonyl (C=O) groups is 1. The summed E-state index contributed by atoms with van der Waals surface area (Å²) < 4.78 is 0. The highest BCUT2D eigenvalue weighted by atomic mass is 32.1. The number of hydrogen-bond acceptors (Lipinski definition) is 4. The molecule has 0 fully saturated rings. The van der Waals surface area contributed by atoms with Gasteiger partial charge >= 0.3 is 0 Å². The Morgan fingerprint density at radius 2 is 2.06 bits per heavy atom. The van der Waals surface area contributed by atoms with Crippen molar-refractivity contribution >= 4 is 17.1 Å². The highest BCUT2D eigenvalue weighted by molar-refractivity contribution is 7.17. The number of aromatic nitrogens is 2. The summed E-state index contributed by atoms with van der Waals surface area (Å²) in [6.45, 7) is 3.60. The number of pyridine rings is 1. The molecule has 16 heavy (non-hydrogen) atoms. The van der Waals surface area contributed by atoms with Crippen LogP contribution in [0.15, 0.2) is 24.5 Å². The molecule has 2 aromatic heterocycles. The van der Waals surface area contributed by atoms with E-state index in [1.165, 1.54) is 11.3 Å². The van der Waals surface area contributed by atoms with Gasteiger partial charge in [0.1, 0.15) is 5.01 Å². The fourth-order valence-corrected chi connectivity index (χ4v) is 2.54. The zero-order valence-corrected chi connectivity index (χ0v) is 10.0. The molecule has 0 saturated carbocycles. The molecule has 0 aliphatic carbocycles. The van der Waals surface area contributed by atoms with Crippen LogP contribution in [0.4, 0.5) is 0 Å². The van der Waals surface area contributed by atoms with E-state index < -0.39 is 0 Å². The van der Waals surface area contributed by atoms with Crippen molar-refractivity contribution < 1.29 is 4.79 Å². The van der Waals surface area contributed by atoms with Gasteiger partial charge in [-0.05, 0) is 18.6 Å². The standard InChI is InChI=1S/C12H12N2OS/c1-3-10-11(8(2)15)16-12(14-10)9-4-6-13-7-5-9/h4-7H,3H2,1-2H3. The topological polar surface area (TPSA) is 42.9 Å². The predicted molar refractivity (Wildman–Crippen MR) is 64.7 cm³/mol. The molecule has 2 heterocycles. The van der Waals surface area contributed by atoms with Crippen LogP contribution >= 0.6 is 11.3 Å². The summed E-state index contributed by atoms with van der Waals surface area (Å²) in [6.07, 6.45) is 4.25. The van der Waals surface area contributed by atoms with Gasteiger partial charge in [-0.1, -0.05) is 6.92 Å². The molecule has 0 aliphatic heterocycles. The smallest absolute Gasteiger partial charge is 0.171 e. The summed E-state index contributed by atoms with van der Waals surface area (Å²) in [4.78, 5) is 20.7. The fraction of sp³-hybridized carbons (Fsp3) is 0.250. The molecule has 82 valence electrons. The number of ketones is 1. The Hall–Kier alpha value is -1.55. The quantitative estimate of drug-likeness (QED) is 0.764. The van der Waals surface area contributed by atoms with E-state index in [0.29, 0.717) is 0 Å². The van der Waals surface area contributed by atoms with Crippen LogP contribution in [-0.4, -0.2) is 15.8 Å². The van der Waals surface area contributed by atoms with Crippen molar-refractivity contribution in [3.8, 4) is 10.6 Å². The monoisotopic (exact) mass is 232 g/mol. The molecule has 0 bridgehead atoms. The lowest BCUT2D eigenvalue weighted by Gasteiger charge is -1.92. The van der Waals surface area contributed by atoms with Crippen LogP contribution in [-0.2, 0) is 6.42 Å². The zero-order chi connectivity index (χ0) is 11.5. The van der Waals surface area contributed by atoms with Crippen molar-refractivity contribution in [1.82, 2.24) is 9.97 Å². The van der Waals surface area contributed by atoms with E-state index in [1.54, 1.807) is 19.3 Å². The molecule has 0 radical (unpaired) electrons. The molecule has 0 amide bonds. The second-order valence-corrected chi connectivity index (χ2v) is 4.44. The number of hydrogen-bond donors (Lipinski definition) is 0. The van der Waals surface area contributed by atoms with E-state index in [-0.39, 0.29) is 5.78 Å². The lowest BCUT2D eigenvalue weighted by molar-refractivity contribution is 0.102. The molecule has 0 saturated heterocycles. The molecular formula is C12H12N2OS. The first kappa shape index (κ1) is 11.0. The normalized spacial score (nSPS) is 10.4. The van der Waals surface area contributed by atoms with Gasteiger partial charge in [0.05, 0.1) is 10.6 Å². The number of thiazole rings is 1. The highest BCUT2D eigenvalue weighted by Gasteiger charge is 2.14. The molecule has 0 unspecified atom stereocenters. The van der Waals surface area contributed by atoms with Gasteiger partial charge in [-0.25, -0.2) is 4.98 Å². The second-order valence-electron chi connectivity index (χ2n) is 3.44. The minimum atomic E-state index is 0.0923. The number of aryl methyl sites for hydroxylation is 1. The average molecular weight is 232 g/mol. The molecule has 0 aromatic carbocycles. The van der Waals surface area contributed by atoms with Gasteiger partial charge in [-0.15, -0.1) is 11.3 Å².